The highest BCUT2D eigenvalue weighted by atomic mass is 32.2. The van der Waals surface area contributed by atoms with Crippen molar-refractivity contribution in [1.29, 1.82) is 0 Å². The molecule has 25 heavy (non-hydrogen) atoms. The Kier molecular flexibility index (Phi) is 7.40. The number of nitrogens with zero attached hydrogens (tertiary/aromatic N) is 1. The number of allylic oxidation sites excluding steroid dienone is 3. The van der Waals surface area contributed by atoms with E-state index in [0.29, 0.717) is 0 Å². The highest BCUT2D eigenvalue weighted by Crippen LogP contribution is 2.35. The molecule has 2 rings (SSSR count). The van der Waals surface area contributed by atoms with Crippen LogP contribution in [-0.4, -0.2) is 45.0 Å². The highest BCUT2D eigenvalue weighted by Gasteiger charge is 2.39. The van der Waals surface area contributed by atoms with Crippen molar-refractivity contribution in [1.82, 2.24) is 4.90 Å². The lowest BCUT2D eigenvalue weighted by Crippen LogP contribution is -2.36. The van der Waals surface area contributed by atoms with Crippen molar-refractivity contribution in [2.45, 2.75) is 59.0 Å². The molecular formula is C18H30NO5S. The first-order valence-electron chi connectivity index (χ1n) is 8.60. The number of esters is 1. The quantitative estimate of drug-likeness (QED) is 0.696. The molecule has 1 aliphatic heterocycles. The standard InChI is InChI=1S/C12H17O5S.C6H13N/c1-11(2,3)17-10(13)12(4)7-5-6-9(8-12)18(14,15)16;1-7-5-3-2-4-6-7/h5-7H,8H2,1-4H3;2-6H2,1H3. The Hall–Kier alpha value is -1.18. The molecule has 0 amide bonds. The van der Waals surface area contributed by atoms with Crippen molar-refractivity contribution in [3.63, 3.8) is 0 Å². The Bertz CT molecular complexity index is 624. The maximum Gasteiger partial charge on any atom is 0.320 e. The van der Waals surface area contributed by atoms with Gasteiger partial charge in [-0.2, -0.15) is 8.42 Å². The summed E-state index contributed by atoms with van der Waals surface area (Å²) in [6, 6.07) is 0. The first kappa shape index (κ1) is 21.9. The summed E-state index contributed by atoms with van der Waals surface area (Å²) in [7, 11) is -2.33. The van der Waals surface area contributed by atoms with E-state index in [1.165, 1.54) is 44.5 Å². The molecule has 1 saturated heterocycles. The minimum Gasteiger partial charge on any atom is -0.459 e. The van der Waals surface area contributed by atoms with Gasteiger partial charge in [-0.05, 0) is 66.7 Å². The summed E-state index contributed by atoms with van der Waals surface area (Å²) < 4.78 is 38.1. The first-order valence-corrected chi connectivity index (χ1v) is 10.0. The number of hydrogen-bond acceptors (Lipinski definition) is 5. The molecule has 1 heterocycles. The molecule has 143 valence electrons. The van der Waals surface area contributed by atoms with E-state index in [0.717, 1.165) is 0 Å². The topological polar surface area (TPSA) is 83.6 Å². The van der Waals surface area contributed by atoms with Gasteiger partial charge in [0.1, 0.15) is 5.60 Å². The van der Waals surface area contributed by atoms with Crippen LogP contribution in [0.4, 0.5) is 0 Å². The third-order valence-electron chi connectivity index (χ3n) is 4.05. The minimum atomic E-state index is -4.52. The van der Waals surface area contributed by atoms with Crippen molar-refractivity contribution in [3.8, 4) is 0 Å². The zero-order chi connectivity index (χ0) is 19.3. The molecule has 0 spiro atoms. The molecule has 7 heteroatoms. The van der Waals surface area contributed by atoms with E-state index in [1.807, 2.05) is 0 Å². The van der Waals surface area contributed by atoms with Gasteiger partial charge in [0, 0.05) is 6.42 Å². The van der Waals surface area contributed by atoms with E-state index in [1.54, 1.807) is 33.8 Å². The average Bonchev–Trinajstić information content (AvgIpc) is 2.46. The SMILES string of the molecule is CC(C)(C)OC(=O)C1(C)C=CC=C(S([O])(=O)=O)C1.CN1CCCCC1. The van der Waals surface area contributed by atoms with E-state index in [4.69, 9.17) is 4.74 Å². The summed E-state index contributed by atoms with van der Waals surface area (Å²) in [4.78, 5) is 14.1. The zero-order valence-corrected chi connectivity index (χ0v) is 16.7. The fourth-order valence-electron chi connectivity index (χ4n) is 2.61. The lowest BCUT2D eigenvalue weighted by Gasteiger charge is -2.30. The average molecular weight is 373 g/mol. The van der Waals surface area contributed by atoms with Crippen molar-refractivity contribution in [2.24, 2.45) is 5.41 Å². The molecule has 1 unspecified atom stereocenters. The lowest BCUT2D eigenvalue weighted by molar-refractivity contribution is -0.163. The highest BCUT2D eigenvalue weighted by molar-refractivity contribution is 7.89. The van der Waals surface area contributed by atoms with Crippen LogP contribution in [0.25, 0.3) is 0 Å². The Balaban J connectivity index is 0.000000370. The van der Waals surface area contributed by atoms with Crippen LogP contribution in [0.15, 0.2) is 23.1 Å². The number of likely N-dealkylation sites (tertiary alicyclic amines) is 1. The Morgan fingerprint density at radius 2 is 1.76 bits per heavy atom. The first-order chi connectivity index (χ1) is 11.3. The Labute approximate surface area is 151 Å². The van der Waals surface area contributed by atoms with Crippen molar-refractivity contribution in [3.05, 3.63) is 23.1 Å². The third-order valence-corrected chi connectivity index (χ3v) is 4.98. The van der Waals surface area contributed by atoms with Gasteiger partial charge in [0.2, 0.25) is 0 Å². The number of piperidine rings is 1. The summed E-state index contributed by atoms with van der Waals surface area (Å²) in [6.07, 6.45) is 8.28. The van der Waals surface area contributed by atoms with Crippen LogP contribution >= 0.6 is 0 Å². The van der Waals surface area contributed by atoms with Crippen molar-refractivity contribution in [2.75, 3.05) is 20.1 Å². The Morgan fingerprint density at radius 3 is 2.16 bits per heavy atom. The van der Waals surface area contributed by atoms with Gasteiger partial charge < -0.3 is 9.64 Å². The van der Waals surface area contributed by atoms with E-state index < -0.39 is 27.1 Å². The third kappa shape index (κ3) is 7.71. The van der Waals surface area contributed by atoms with Crippen LogP contribution in [0.3, 0.4) is 0 Å². The number of carbonyl (C=O) groups excluding carboxylic acids is 1. The largest absolute Gasteiger partial charge is 0.459 e. The van der Waals surface area contributed by atoms with Crippen molar-refractivity contribution < 1.29 is 22.5 Å². The van der Waals surface area contributed by atoms with Crippen LogP contribution in [0.5, 0.6) is 0 Å². The number of rotatable bonds is 2. The predicted octanol–water partition coefficient (Wildman–Crippen LogP) is 3.04. The normalized spacial score (nSPS) is 24.8. The second kappa shape index (κ2) is 8.47. The second-order valence-corrected chi connectivity index (χ2v) is 9.34. The summed E-state index contributed by atoms with van der Waals surface area (Å²) in [6.45, 7) is 9.36. The number of hydrogen-bond donors (Lipinski definition) is 0. The second-order valence-electron chi connectivity index (χ2n) is 7.91. The molecule has 0 saturated carbocycles. The fourth-order valence-corrected chi connectivity index (χ4v) is 3.33. The molecule has 2 aliphatic rings. The van der Waals surface area contributed by atoms with Crippen LogP contribution < -0.4 is 0 Å². The molecule has 1 fully saturated rings. The van der Waals surface area contributed by atoms with Gasteiger partial charge in [-0.25, -0.2) is 0 Å². The van der Waals surface area contributed by atoms with E-state index in [2.05, 4.69) is 11.9 Å². The van der Waals surface area contributed by atoms with E-state index in [9.17, 15) is 17.8 Å². The van der Waals surface area contributed by atoms with E-state index in [-0.39, 0.29) is 11.3 Å². The molecule has 0 aromatic heterocycles. The van der Waals surface area contributed by atoms with Gasteiger partial charge in [-0.3, -0.25) is 4.79 Å². The molecule has 0 N–H and O–H groups in total. The molecule has 0 aromatic carbocycles. The van der Waals surface area contributed by atoms with Crippen LogP contribution in [0.1, 0.15) is 53.4 Å². The van der Waals surface area contributed by atoms with Gasteiger partial charge in [0.25, 0.3) is 0 Å². The van der Waals surface area contributed by atoms with Gasteiger partial charge in [0.05, 0.1) is 10.3 Å². The summed E-state index contributed by atoms with van der Waals surface area (Å²) in [5, 5.41) is 0. The molecule has 0 bridgehead atoms. The number of carbonyl (C=O) groups is 1. The van der Waals surface area contributed by atoms with Crippen LogP contribution in [-0.2, 0) is 24.2 Å². The lowest BCUT2D eigenvalue weighted by atomic mass is 9.83. The van der Waals surface area contributed by atoms with Crippen LogP contribution in [0, 0.1) is 5.41 Å². The van der Waals surface area contributed by atoms with Gasteiger partial charge in [-0.1, -0.05) is 23.1 Å². The fraction of sp³-hybridized carbons (Fsp3) is 0.722. The molecular weight excluding hydrogens is 342 g/mol. The summed E-state index contributed by atoms with van der Waals surface area (Å²) in [5.74, 6) is -0.541. The van der Waals surface area contributed by atoms with Crippen LogP contribution in [0.2, 0.25) is 0 Å². The predicted molar refractivity (Wildman–Crippen MR) is 96.7 cm³/mol. The van der Waals surface area contributed by atoms with E-state index >= 15 is 0 Å². The molecule has 6 nitrogen and oxygen atoms in total. The summed E-state index contributed by atoms with van der Waals surface area (Å²) in [5.41, 5.74) is -1.78. The maximum absolute atomic E-state index is 12.0. The Morgan fingerprint density at radius 1 is 1.20 bits per heavy atom. The monoisotopic (exact) mass is 372 g/mol. The summed E-state index contributed by atoms with van der Waals surface area (Å²) >= 11 is 0. The number of ether oxygens (including phenoxy) is 1. The minimum absolute atomic E-state index is 0.162. The smallest absolute Gasteiger partial charge is 0.320 e. The molecule has 1 atom stereocenters. The zero-order valence-electron chi connectivity index (χ0n) is 15.9. The van der Waals surface area contributed by atoms with Crippen molar-refractivity contribution >= 4 is 16.1 Å². The molecule has 0 aromatic rings. The maximum atomic E-state index is 12.0. The molecule has 1 aliphatic carbocycles. The van der Waals surface area contributed by atoms with Gasteiger partial charge in [-0.15, -0.1) is 0 Å². The molecule has 1 radical (unpaired) electrons. The van der Waals surface area contributed by atoms with Gasteiger partial charge >= 0.3 is 16.1 Å². The van der Waals surface area contributed by atoms with Gasteiger partial charge in [0.15, 0.2) is 0 Å².